The third-order valence-electron chi connectivity index (χ3n) is 3.23. The molecule has 2 rings (SSSR count). The van der Waals surface area contributed by atoms with Gasteiger partial charge in [-0.1, -0.05) is 0 Å². The predicted molar refractivity (Wildman–Crippen MR) is 68.3 cm³/mol. The molecular formula is C13H17FN2O3. The largest absolute Gasteiger partial charge is 0.376 e. The average molecular weight is 268 g/mol. The lowest BCUT2D eigenvalue weighted by Crippen LogP contribution is -2.29. The molecule has 0 saturated carbocycles. The minimum atomic E-state index is -0.602. The van der Waals surface area contributed by atoms with E-state index in [1.165, 1.54) is 12.1 Å². The van der Waals surface area contributed by atoms with E-state index >= 15 is 0 Å². The molecule has 1 heterocycles. The minimum absolute atomic E-state index is 0.211. The van der Waals surface area contributed by atoms with Crippen LogP contribution in [0.25, 0.3) is 0 Å². The highest BCUT2D eigenvalue weighted by molar-refractivity contribution is 5.34. The molecule has 5 nitrogen and oxygen atoms in total. The predicted octanol–water partition coefficient (Wildman–Crippen LogP) is 2.25. The first kappa shape index (κ1) is 13.9. The van der Waals surface area contributed by atoms with Gasteiger partial charge in [0.1, 0.15) is 5.82 Å². The van der Waals surface area contributed by atoms with Crippen molar-refractivity contribution in [3.8, 4) is 0 Å². The van der Waals surface area contributed by atoms with Crippen LogP contribution in [0.4, 0.5) is 10.1 Å². The number of hydrogen-bond acceptors (Lipinski definition) is 4. The van der Waals surface area contributed by atoms with Crippen molar-refractivity contribution in [1.82, 2.24) is 5.32 Å². The van der Waals surface area contributed by atoms with E-state index in [2.05, 4.69) is 5.32 Å². The molecule has 0 aromatic heterocycles. The van der Waals surface area contributed by atoms with E-state index in [0.717, 1.165) is 32.0 Å². The molecule has 0 bridgehead atoms. The van der Waals surface area contributed by atoms with Crippen molar-refractivity contribution in [3.63, 3.8) is 0 Å². The van der Waals surface area contributed by atoms with Crippen LogP contribution in [-0.4, -0.2) is 24.6 Å². The van der Waals surface area contributed by atoms with Crippen LogP contribution in [0, 0.1) is 21.8 Å². The number of benzene rings is 1. The highest BCUT2D eigenvalue weighted by Crippen LogP contribution is 2.18. The number of non-ortho nitro benzene ring substituents is 1. The van der Waals surface area contributed by atoms with E-state index in [4.69, 9.17) is 4.74 Å². The summed E-state index contributed by atoms with van der Waals surface area (Å²) in [5.74, 6) is -0.0838. The Morgan fingerprint density at radius 1 is 1.37 bits per heavy atom. The quantitative estimate of drug-likeness (QED) is 0.657. The summed E-state index contributed by atoms with van der Waals surface area (Å²) < 4.78 is 18.7. The van der Waals surface area contributed by atoms with E-state index in [1.807, 2.05) is 0 Å². The second-order valence-electron chi connectivity index (χ2n) is 4.78. The third kappa shape index (κ3) is 4.25. The van der Waals surface area contributed by atoms with Crippen LogP contribution in [0.15, 0.2) is 18.2 Å². The SMILES string of the molecule is O=[N+]([O-])c1cc(F)cc(COCC2CCNCC2)c1. The summed E-state index contributed by atoms with van der Waals surface area (Å²) in [5.41, 5.74) is 0.265. The maximum absolute atomic E-state index is 13.2. The second kappa shape index (κ2) is 6.58. The molecule has 19 heavy (non-hydrogen) atoms. The Hall–Kier alpha value is -1.53. The number of nitro benzene ring substituents is 1. The molecule has 0 amide bonds. The Morgan fingerprint density at radius 2 is 2.11 bits per heavy atom. The first-order chi connectivity index (χ1) is 9.15. The van der Waals surface area contributed by atoms with Crippen molar-refractivity contribution in [2.75, 3.05) is 19.7 Å². The van der Waals surface area contributed by atoms with E-state index in [1.54, 1.807) is 0 Å². The molecule has 0 radical (unpaired) electrons. The van der Waals surface area contributed by atoms with E-state index in [-0.39, 0.29) is 12.3 Å². The molecule has 6 heteroatoms. The van der Waals surface area contributed by atoms with Crippen LogP contribution in [0.5, 0.6) is 0 Å². The number of ether oxygens (including phenoxy) is 1. The Bertz CT molecular complexity index is 448. The molecule has 0 spiro atoms. The molecule has 1 fully saturated rings. The monoisotopic (exact) mass is 268 g/mol. The van der Waals surface area contributed by atoms with Crippen LogP contribution in [0.3, 0.4) is 0 Å². The topological polar surface area (TPSA) is 64.4 Å². The molecule has 1 saturated heterocycles. The highest BCUT2D eigenvalue weighted by Gasteiger charge is 2.14. The van der Waals surface area contributed by atoms with Gasteiger partial charge in [-0.25, -0.2) is 4.39 Å². The standard InChI is InChI=1S/C13H17FN2O3/c14-12-5-11(6-13(7-12)16(17)18)9-19-8-10-1-3-15-4-2-10/h5-7,10,15H,1-4,8-9H2. The van der Waals surface area contributed by atoms with Crippen molar-refractivity contribution >= 4 is 5.69 Å². The fourth-order valence-corrected chi connectivity index (χ4v) is 2.21. The van der Waals surface area contributed by atoms with E-state index < -0.39 is 10.7 Å². The Kier molecular flexibility index (Phi) is 4.81. The normalized spacial score (nSPS) is 16.5. The first-order valence-corrected chi connectivity index (χ1v) is 6.37. The smallest absolute Gasteiger partial charge is 0.272 e. The fourth-order valence-electron chi connectivity index (χ4n) is 2.21. The van der Waals surface area contributed by atoms with Crippen LogP contribution < -0.4 is 5.32 Å². The van der Waals surface area contributed by atoms with E-state index in [0.29, 0.717) is 18.1 Å². The molecule has 1 aliphatic rings. The summed E-state index contributed by atoms with van der Waals surface area (Å²) in [6, 6.07) is 3.54. The van der Waals surface area contributed by atoms with Gasteiger partial charge < -0.3 is 10.1 Å². The molecule has 1 N–H and O–H groups in total. The van der Waals surface area contributed by atoms with Crippen molar-refractivity contribution in [3.05, 3.63) is 39.7 Å². The van der Waals surface area contributed by atoms with Crippen molar-refractivity contribution in [2.24, 2.45) is 5.92 Å². The first-order valence-electron chi connectivity index (χ1n) is 6.37. The molecule has 1 aliphatic heterocycles. The van der Waals surface area contributed by atoms with Crippen LogP contribution >= 0.6 is 0 Å². The number of rotatable bonds is 5. The number of hydrogen-bond donors (Lipinski definition) is 1. The van der Waals surface area contributed by atoms with Gasteiger partial charge in [0.15, 0.2) is 0 Å². The van der Waals surface area contributed by atoms with Crippen molar-refractivity contribution < 1.29 is 14.1 Å². The zero-order valence-corrected chi connectivity index (χ0v) is 10.6. The van der Waals surface area contributed by atoms with Gasteiger partial charge in [-0.3, -0.25) is 10.1 Å². The molecule has 104 valence electrons. The summed E-state index contributed by atoms with van der Waals surface area (Å²) in [7, 11) is 0. The van der Waals surface area contributed by atoms with Crippen molar-refractivity contribution in [2.45, 2.75) is 19.4 Å². The van der Waals surface area contributed by atoms with Gasteiger partial charge in [-0.15, -0.1) is 0 Å². The number of nitro groups is 1. The lowest BCUT2D eigenvalue weighted by Gasteiger charge is -2.22. The lowest BCUT2D eigenvalue weighted by atomic mass is 9.99. The number of halogens is 1. The fraction of sp³-hybridized carbons (Fsp3) is 0.538. The van der Waals surface area contributed by atoms with Crippen LogP contribution in [0.1, 0.15) is 18.4 Å². The molecule has 0 unspecified atom stereocenters. The summed E-state index contributed by atoms with van der Waals surface area (Å²) in [4.78, 5) is 10.0. The summed E-state index contributed by atoms with van der Waals surface area (Å²) >= 11 is 0. The van der Waals surface area contributed by atoms with Gasteiger partial charge in [-0.05, 0) is 43.5 Å². The maximum atomic E-state index is 13.2. The molecule has 0 atom stereocenters. The Morgan fingerprint density at radius 3 is 2.79 bits per heavy atom. The number of nitrogens with zero attached hydrogens (tertiary/aromatic N) is 1. The lowest BCUT2D eigenvalue weighted by molar-refractivity contribution is -0.385. The Labute approximate surface area is 110 Å². The average Bonchev–Trinajstić information content (AvgIpc) is 2.39. The van der Waals surface area contributed by atoms with Gasteiger partial charge in [0.25, 0.3) is 5.69 Å². The molecule has 1 aromatic carbocycles. The maximum Gasteiger partial charge on any atom is 0.272 e. The van der Waals surface area contributed by atoms with Gasteiger partial charge >= 0.3 is 0 Å². The van der Waals surface area contributed by atoms with Gasteiger partial charge in [0.05, 0.1) is 17.6 Å². The summed E-state index contributed by atoms with van der Waals surface area (Å²) in [5, 5.41) is 13.9. The minimum Gasteiger partial charge on any atom is -0.376 e. The van der Waals surface area contributed by atoms with Gasteiger partial charge in [-0.2, -0.15) is 0 Å². The number of nitrogens with one attached hydrogen (secondary N) is 1. The van der Waals surface area contributed by atoms with Gasteiger partial charge in [0, 0.05) is 12.7 Å². The molecule has 0 aliphatic carbocycles. The molecule has 1 aromatic rings. The summed E-state index contributed by atoms with van der Waals surface area (Å²) in [6.07, 6.45) is 2.15. The Balaban J connectivity index is 1.86. The molecular weight excluding hydrogens is 251 g/mol. The van der Waals surface area contributed by atoms with Crippen LogP contribution in [0.2, 0.25) is 0 Å². The second-order valence-corrected chi connectivity index (χ2v) is 4.78. The highest BCUT2D eigenvalue weighted by atomic mass is 19.1. The summed E-state index contributed by atoms with van der Waals surface area (Å²) in [6.45, 7) is 2.83. The van der Waals surface area contributed by atoms with Crippen molar-refractivity contribution in [1.29, 1.82) is 0 Å². The van der Waals surface area contributed by atoms with E-state index in [9.17, 15) is 14.5 Å². The zero-order chi connectivity index (χ0) is 13.7. The van der Waals surface area contributed by atoms with Crippen LogP contribution in [-0.2, 0) is 11.3 Å². The zero-order valence-electron chi connectivity index (χ0n) is 10.6. The third-order valence-corrected chi connectivity index (χ3v) is 3.23. The van der Waals surface area contributed by atoms with Gasteiger partial charge in [0.2, 0.25) is 0 Å². The number of piperidine rings is 1.